The van der Waals surface area contributed by atoms with Gasteiger partial charge in [0, 0.05) is 0 Å². The molecule has 33 heavy (non-hydrogen) atoms. The van der Waals surface area contributed by atoms with Gasteiger partial charge in [0.1, 0.15) is 0 Å². The van der Waals surface area contributed by atoms with Crippen molar-refractivity contribution in [3.8, 4) is 0 Å². The quantitative estimate of drug-likeness (QED) is 0.435. The van der Waals surface area contributed by atoms with Crippen molar-refractivity contribution >= 4 is 33.2 Å². The molecule has 0 radical (unpaired) electrons. The van der Waals surface area contributed by atoms with Gasteiger partial charge in [-0.3, -0.25) is 9.52 Å². The van der Waals surface area contributed by atoms with Crippen LogP contribution < -0.4 is 10.0 Å². The Morgan fingerprint density at radius 2 is 1.55 bits per heavy atom. The molecule has 1 amide bonds. The molecule has 0 saturated heterocycles. The monoisotopic (exact) mass is 484 g/mol. The van der Waals surface area contributed by atoms with Crippen LogP contribution in [0.1, 0.15) is 60.8 Å². The van der Waals surface area contributed by atoms with Crippen molar-refractivity contribution in [2.45, 2.75) is 51.0 Å². The Morgan fingerprint density at radius 3 is 2.09 bits per heavy atom. The summed E-state index contributed by atoms with van der Waals surface area (Å²) >= 11 is 6.32. The Labute approximate surface area is 201 Å². The van der Waals surface area contributed by atoms with E-state index in [-0.39, 0.29) is 38.5 Å². The van der Waals surface area contributed by atoms with Crippen molar-refractivity contribution in [3.63, 3.8) is 0 Å². The van der Waals surface area contributed by atoms with Crippen LogP contribution in [0.25, 0.3) is 0 Å². The highest BCUT2D eigenvalue weighted by Crippen LogP contribution is 2.26. The molecule has 0 heterocycles. The summed E-state index contributed by atoms with van der Waals surface area (Å²) in [6.45, 7) is 10.2. The van der Waals surface area contributed by atoms with Crippen molar-refractivity contribution in [2.75, 3.05) is 4.72 Å². The number of halogens is 1. The fourth-order valence-corrected chi connectivity index (χ4v) is 4.64. The van der Waals surface area contributed by atoms with Gasteiger partial charge in [-0.25, -0.2) is 8.42 Å². The summed E-state index contributed by atoms with van der Waals surface area (Å²) in [5.41, 5.74) is 3.77. The van der Waals surface area contributed by atoms with Gasteiger partial charge in [-0.2, -0.15) is 0 Å². The normalized spacial score (nSPS) is 12.8. The number of rotatable bonds is 6. The van der Waals surface area contributed by atoms with E-state index >= 15 is 0 Å². The molecule has 0 fully saturated rings. The van der Waals surface area contributed by atoms with Crippen molar-refractivity contribution in [1.29, 1.82) is 0 Å². The van der Waals surface area contributed by atoms with E-state index in [0.29, 0.717) is 0 Å². The van der Waals surface area contributed by atoms with E-state index < -0.39 is 10.0 Å². The van der Waals surface area contributed by atoms with Crippen LogP contribution in [-0.2, 0) is 15.4 Å². The average molecular weight is 485 g/mol. The topological polar surface area (TPSA) is 75.3 Å². The van der Waals surface area contributed by atoms with Crippen molar-refractivity contribution in [3.05, 3.63) is 94.0 Å². The number of carbonyl (C=O) groups is 1. The fraction of sp³-hybridized carbons (Fsp3) is 0.269. The summed E-state index contributed by atoms with van der Waals surface area (Å²) in [5.74, 6) is -0.333. The lowest BCUT2D eigenvalue weighted by molar-refractivity contribution is 0.0940. The van der Waals surface area contributed by atoms with Gasteiger partial charge in [0.05, 0.1) is 27.2 Å². The van der Waals surface area contributed by atoms with E-state index in [4.69, 9.17) is 11.6 Å². The number of aryl methyl sites for hydroxylation is 1. The molecule has 0 saturated carbocycles. The van der Waals surface area contributed by atoms with Crippen LogP contribution in [0.3, 0.4) is 0 Å². The Bertz CT molecular complexity index is 1250. The molecule has 3 rings (SSSR count). The maximum atomic E-state index is 12.8. The van der Waals surface area contributed by atoms with Gasteiger partial charge in [-0.1, -0.05) is 74.3 Å². The van der Waals surface area contributed by atoms with Gasteiger partial charge in [-0.15, -0.1) is 0 Å². The summed E-state index contributed by atoms with van der Waals surface area (Å²) in [4.78, 5) is 12.9. The first kappa shape index (κ1) is 24.8. The predicted molar refractivity (Wildman–Crippen MR) is 134 cm³/mol. The van der Waals surface area contributed by atoms with Gasteiger partial charge in [0.2, 0.25) is 0 Å². The van der Waals surface area contributed by atoms with Crippen molar-refractivity contribution in [2.24, 2.45) is 0 Å². The van der Waals surface area contributed by atoms with E-state index in [9.17, 15) is 13.2 Å². The second kappa shape index (κ2) is 9.57. The molecule has 0 unspecified atom stereocenters. The SMILES string of the molecule is Cc1ccc(S(=O)(=O)Nc2ccc(C(=O)N[C@@H](C)c3ccc(C(C)(C)C)cc3)c(Cl)c2)cc1. The molecule has 3 aromatic carbocycles. The average Bonchev–Trinajstić information content (AvgIpc) is 2.73. The molecular weight excluding hydrogens is 456 g/mol. The van der Waals surface area contributed by atoms with Crippen molar-refractivity contribution < 1.29 is 13.2 Å². The lowest BCUT2D eigenvalue weighted by Gasteiger charge is -2.21. The highest BCUT2D eigenvalue weighted by molar-refractivity contribution is 7.92. The number of amides is 1. The maximum Gasteiger partial charge on any atom is 0.261 e. The molecule has 0 aliphatic rings. The van der Waals surface area contributed by atoms with Crippen LogP contribution in [-0.4, -0.2) is 14.3 Å². The first-order valence-electron chi connectivity index (χ1n) is 10.7. The summed E-state index contributed by atoms with van der Waals surface area (Å²) in [7, 11) is -3.76. The summed E-state index contributed by atoms with van der Waals surface area (Å²) in [6.07, 6.45) is 0. The number of hydrogen-bond acceptors (Lipinski definition) is 3. The minimum absolute atomic E-state index is 0.0568. The summed E-state index contributed by atoms with van der Waals surface area (Å²) in [5, 5.41) is 3.11. The molecule has 2 N–H and O–H groups in total. The highest BCUT2D eigenvalue weighted by Gasteiger charge is 2.19. The van der Waals surface area contributed by atoms with Crippen molar-refractivity contribution in [1.82, 2.24) is 5.32 Å². The van der Waals surface area contributed by atoms with E-state index in [1.165, 1.54) is 35.9 Å². The molecule has 0 bridgehead atoms. The van der Waals surface area contributed by atoms with Crippen LogP contribution in [0.2, 0.25) is 5.02 Å². The third-order valence-corrected chi connectivity index (χ3v) is 7.13. The second-order valence-corrected chi connectivity index (χ2v) is 11.3. The molecule has 5 nitrogen and oxygen atoms in total. The Balaban J connectivity index is 1.71. The predicted octanol–water partition coefficient (Wildman–Crippen LogP) is 6.24. The van der Waals surface area contributed by atoms with E-state index in [1.54, 1.807) is 12.1 Å². The lowest BCUT2D eigenvalue weighted by atomic mass is 9.86. The second-order valence-electron chi connectivity index (χ2n) is 9.18. The highest BCUT2D eigenvalue weighted by atomic mass is 35.5. The molecule has 174 valence electrons. The fourth-order valence-electron chi connectivity index (χ4n) is 3.32. The molecule has 0 aliphatic carbocycles. The number of benzene rings is 3. The number of carbonyl (C=O) groups excluding carboxylic acids is 1. The first-order chi connectivity index (χ1) is 15.4. The number of hydrogen-bond donors (Lipinski definition) is 2. The summed E-state index contributed by atoms with van der Waals surface area (Å²) in [6, 6.07) is 18.9. The molecule has 7 heteroatoms. The third-order valence-electron chi connectivity index (χ3n) is 5.42. The van der Waals surface area contributed by atoms with E-state index in [1.807, 2.05) is 26.0 Å². The molecule has 0 aromatic heterocycles. The zero-order valence-corrected chi connectivity index (χ0v) is 21.0. The maximum absolute atomic E-state index is 12.8. The van der Waals surface area contributed by atoms with Gasteiger partial charge in [-0.05, 0) is 60.7 Å². The lowest BCUT2D eigenvalue weighted by Crippen LogP contribution is -2.27. The van der Waals surface area contributed by atoms with Crippen LogP contribution in [0.4, 0.5) is 5.69 Å². The van der Waals surface area contributed by atoms with E-state index in [0.717, 1.165) is 11.1 Å². The zero-order valence-electron chi connectivity index (χ0n) is 19.4. The Kier molecular flexibility index (Phi) is 7.20. The number of nitrogens with one attached hydrogen (secondary N) is 2. The molecule has 0 spiro atoms. The van der Waals surface area contributed by atoms with Crippen LogP contribution in [0.5, 0.6) is 0 Å². The van der Waals surface area contributed by atoms with Gasteiger partial charge in [0.25, 0.3) is 15.9 Å². The smallest absolute Gasteiger partial charge is 0.261 e. The zero-order chi connectivity index (χ0) is 24.4. The van der Waals surface area contributed by atoms with Gasteiger partial charge in [0.15, 0.2) is 0 Å². The minimum atomic E-state index is -3.76. The number of anilines is 1. The molecule has 3 aromatic rings. The van der Waals surface area contributed by atoms with Crippen LogP contribution in [0.15, 0.2) is 71.6 Å². The molecule has 1 atom stereocenters. The standard InChI is InChI=1S/C26H29ClN2O3S/c1-17-6-13-22(14-7-17)33(31,32)29-21-12-15-23(24(27)16-21)25(30)28-18(2)19-8-10-20(11-9-19)26(3,4)5/h6-16,18,29H,1-5H3,(H,28,30)/t18-/m0/s1. The minimum Gasteiger partial charge on any atom is -0.345 e. The van der Waals surface area contributed by atoms with Gasteiger partial charge < -0.3 is 5.32 Å². The number of sulfonamides is 1. The Morgan fingerprint density at radius 1 is 0.939 bits per heavy atom. The largest absolute Gasteiger partial charge is 0.345 e. The molecular formula is C26H29ClN2O3S. The summed E-state index contributed by atoms with van der Waals surface area (Å²) < 4.78 is 27.7. The van der Waals surface area contributed by atoms with E-state index in [2.05, 4.69) is 42.9 Å². The first-order valence-corrected chi connectivity index (χ1v) is 12.5. The van der Waals surface area contributed by atoms with Crippen LogP contribution >= 0.6 is 11.6 Å². The Hall–Kier alpha value is -2.83. The van der Waals surface area contributed by atoms with Crippen LogP contribution in [0, 0.1) is 6.92 Å². The third kappa shape index (κ3) is 6.15. The molecule has 0 aliphatic heterocycles. The van der Waals surface area contributed by atoms with Gasteiger partial charge >= 0.3 is 0 Å².